The predicted molar refractivity (Wildman–Crippen MR) is 81.7 cm³/mol. The lowest BCUT2D eigenvalue weighted by Crippen LogP contribution is -2.41. The minimum absolute atomic E-state index is 0.144. The third-order valence-corrected chi connectivity index (χ3v) is 3.05. The number of pyridine rings is 1. The molecule has 0 aliphatic heterocycles. The molecule has 0 radical (unpaired) electrons. The summed E-state index contributed by atoms with van der Waals surface area (Å²) in [5.74, 6) is -1.04. The fraction of sp³-hybridized carbons (Fsp3) is 0.294. The van der Waals surface area contributed by atoms with E-state index in [0.29, 0.717) is 6.54 Å². The Morgan fingerprint density at radius 1 is 1.27 bits per heavy atom. The standard InChI is InChI=1S/C17H19FN2O2/c1-17(2,22)12-20(11-13-6-4-3-5-7-13)16(21)14-8-9-19-15(18)10-14/h3-10,22H,11-12H2,1-2H3. The minimum atomic E-state index is -1.05. The molecule has 2 aromatic rings. The highest BCUT2D eigenvalue weighted by Gasteiger charge is 2.24. The Balaban J connectivity index is 2.25. The Labute approximate surface area is 129 Å². The van der Waals surface area contributed by atoms with Crippen LogP contribution in [-0.2, 0) is 6.54 Å². The van der Waals surface area contributed by atoms with Gasteiger partial charge in [0.25, 0.3) is 5.91 Å². The number of carbonyl (C=O) groups is 1. The Hall–Kier alpha value is -2.27. The smallest absolute Gasteiger partial charge is 0.254 e. The van der Waals surface area contributed by atoms with Gasteiger partial charge in [-0.25, -0.2) is 4.98 Å². The van der Waals surface area contributed by atoms with Gasteiger partial charge in [-0.05, 0) is 25.5 Å². The number of hydrogen-bond acceptors (Lipinski definition) is 3. The van der Waals surface area contributed by atoms with Crippen LogP contribution in [0, 0.1) is 5.95 Å². The van der Waals surface area contributed by atoms with Gasteiger partial charge in [-0.15, -0.1) is 0 Å². The fourth-order valence-electron chi connectivity index (χ4n) is 2.19. The van der Waals surface area contributed by atoms with Crippen molar-refractivity contribution >= 4 is 5.91 Å². The molecule has 0 fully saturated rings. The van der Waals surface area contributed by atoms with Gasteiger partial charge in [0, 0.05) is 30.9 Å². The third-order valence-electron chi connectivity index (χ3n) is 3.05. The van der Waals surface area contributed by atoms with Crippen LogP contribution in [0.5, 0.6) is 0 Å². The molecule has 0 aliphatic carbocycles. The number of nitrogens with zero attached hydrogens (tertiary/aromatic N) is 2. The maximum Gasteiger partial charge on any atom is 0.254 e. The van der Waals surface area contributed by atoms with Gasteiger partial charge in [0.2, 0.25) is 5.95 Å². The molecule has 0 unspecified atom stereocenters. The maximum atomic E-state index is 13.2. The van der Waals surface area contributed by atoms with Crippen molar-refractivity contribution in [2.75, 3.05) is 6.54 Å². The van der Waals surface area contributed by atoms with Crippen molar-refractivity contribution in [3.05, 3.63) is 65.7 Å². The van der Waals surface area contributed by atoms with E-state index in [-0.39, 0.29) is 18.0 Å². The molecule has 2 rings (SSSR count). The topological polar surface area (TPSA) is 53.4 Å². The highest BCUT2D eigenvalue weighted by Crippen LogP contribution is 2.14. The maximum absolute atomic E-state index is 13.2. The molecule has 1 aromatic carbocycles. The van der Waals surface area contributed by atoms with E-state index < -0.39 is 11.5 Å². The van der Waals surface area contributed by atoms with E-state index in [1.165, 1.54) is 17.2 Å². The molecule has 22 heavy (non-hydrogen) atoms. The molecule has 4 nitrogen and oxygen atoms in total. The van der Waals surface area contributed by atoms with E-state index in [2.05, 4.69) is 4.98 Å². The molecule has 5 heteroatoms. The van der Waals surface area contributed by atoms with Gasteiger partial charge in [0.1, 0.15) is 0 Å². The number of amides is 1. The SMILES string of the molecule is CC(C)(O)CN(Cc1ccccc1)C(=O)c1ccnc(F)c1. The zero-order chi connectivity index (χ0) is 16.2. The highest BCUT2D eigenvalue weighted by molar-refractivity contribution is 5.94. The zero-order valence-corrected chi connectivity index (χ0v) is 12.7. The summed E-state index contributed by atoms with van der Waals surface area (Å²) < 4.78 is 13.2. The second-order valence-corrected chi connectivity index (χ2v) is 5.83. The van der Waals surface area contributed by atoms with Gasteiger partial charge in [-0.1, -0.05) is 30.3 Å². The molecule has 1 heterocycles. The van der Waals surface area contributed by atoms with Crippen LogP contribution in [0.1, 0.15) is 29.8 Å². The van der Waals surface area contributed by atoms with Gasteiger partial charge in [-0.2, -0.15) is 4.39 Å². The lowest BCUT2D eigenvalue weighted by atomic mass is 10.1. The number of halogens is 1. The van der Waals surface area contributed by atoms with Crippen molar-refractivity contribution in [3.63, 3.8) is 0 Å². The molecule has 1 aromatic heterocycles. The Morgan fingerprint density at radius 3 is 2.55 bits per heavy atom. The molecule has 0 aliphatic rings. The number of aliphatic hydroxyl groups is 1. The van der Waals surface area contributed by atoms with Crippen molar-refractivity contribution in [2.24, 2.45) is 0 Å². The molecule has 0 atom stereocenters. The summed E-state index contributed by atoms with van der Waals surface area (Å²) in [7, 11) is 0. The van der Waals surface area contributed by atoms with Crippen molar-refractivity contribution in [2.45, 2.75) is 26.0 Å². The van der Waals surface area contributed by atoms with Crippen LogP contribution < -0.4 is 0 Å². The summed E-state index contributed by atoms with van der Waals surface area (Å²) in [5.41, 5.74) is 0.109. The predicted octanol–water partition coefficient (Wildman–Crippen LogP) is 2.63. The first kappa shape index (κ1) is 16.1. The van der Waals surface area contributed by atoms with Crippen LogP contribution in [0.15, 0.2) is 48.7 Å². The van der Waals surface area contributed by atoms with Gasteiger partial charge >= 0.3 is 0 Å². The van der Waals surface area contributed by atoms with Crippen LogP contribution in [0.4, 0.5) is 4.39 Å². The number of benzene rings is 1. The Morgan fingerprint density at radius 2 is 1.95 bits per heavy atom. The molecule has 0 bridgehead atoms. The fourth-order valence-corrected chi connectivity index (χ4v) is 2.19. The van der Waals surface area contributed by atoms with Crippen molar-refractivity contribution in [1.82, 2.24) is 9.88 Å². The van der Waals surface area contributed by atoms with Gasteiger partial charge < -0.3 is 10.0 Å². The van der Waals surface area contributed by atoms with Crippen molar-refractivity contribution < 1.29 is 14.3 Å². The summed E-state index contributed by atoms with van der Waals surface area (Å²) in [6.45, 7) is 3.75. The summed E-state index contributed by atoms with van der Waals surface area (Å²) in [6.07, 6.45) is 1.26. The van der Waals surface area contributed by atoms with E-state index >= 15 is 0 Å². The average molecular weight is 302 g/mol. The quantitative estimate of drug-likeness (QED) is 0.864. The zero-order valence-electron chi connectivity index (χ0n) is 12.7. The second-order valence-electron chi connectivity index (χ2n) is 5.83. The third kappa shape index (κ3) is 4.63. The Kier molecular flexibility index (Phi) is 4.88. The number of carbonyl (C=O) groups excluding carboxylic acids is 1. The molecule has 0 spiro atoms. The van der Waals surface area contributed by atoms with E-state index in [1.54, 1.807) is 13.8 Å². The largest absolute Gasteiger partial charge is 0.389 e. The van der Waals surface area contributed by atoms with E-state index in [1.807, 2.05) is 30.3 Å². The second kappa shape index (κ2) is 6.66. The summed E-state index contributed by atoms with van der Waals surface area (Å²) >= 11 is 0. The highest BCUT2D eigenvalue weighted by atomic mass is 19.1. The lowest BCUT2D eigenvalue weighted by Gasteiger charge is -2.29. The summed E-state index contributed by atoms with van der Waals surface area (Å²) in [4.78, 5) is 17.6. The molecule has 1 amide bonds. The minimum Gasteiger partial charge on any atom is -0.389 e. The number of aromatic nitrogens is 1. The van der Waals surface area contributed by atoms with E-state index in [4.69, 9.17) is 0 Å². The van der Waals surface area contributed by atoms with Crippen molar-refractivity contribution in [1.29, 1.82) is 0 Å². The normalized spacial score (nSPS) is 11.3. The van der Waals surface area contributed by atoms with E-state index in [0.717, 1.165) is 11.6 Å². The first-order valence-corrected chi connectivity index (χ1v) is 7.02. The molecule has 0 saturated carbocycles. The van der Waals surface area contributed by atoms with Crippen LogP contribution in [-0.4, -0.2) is 33.0 Å². The van der Waals surface area contributed by atoms with Crippen LogP contribution in [0.3, 0.4) is 0 Å². The summed E-state index contributed by atoms with van der Waals surface area (Å²) in [6, 6.07) is 12.0. The van der Waals surface area contributed by atoms with Crippen LogP contribution in [0.25, 0.3) is 0 Å². The molecule has 116 valence electrons. The van der Waals surface area contributed by atoms with Gasteiger partial charge in [0.05, 0.1) is 5.60 Å². The van der Waals surface area contributed by atoms with Crippen LogP contribution >= 0.6 is 0 Å². The van der Waals surface area contributed by atoms with Gasteiger partial charge in [0.15, 0.2) is 0 Å². The van der Waals surface area contributed by atoms with Gasteiger partial charge in [-0.3, -0.25) is 4.79 Å². The van der Waals surface area contributed by atoms with Crippen LogP contribution in [0.2, 0.25) is 0 Å². The van der Waals surface area contributed by atoms with Crippen molar-refractivity contribution in [3.8, 4) is 0 Å². The molecule has 1 N–H and O–H groups in total. The number of rotatable bonds is 5. The molecular formula is C17H19FN2O2. The number of hydrogen-bond donors (Lipinski definition) is 1. The molecular weight excluding hydrogens is 283 g/mol. The molecule has 0 saturated heterocycles. The Bertz CT molecular complexity index is 639. The van der Waals surface area contributed by atoms with E-state index in [9.17, 15) is 14.3 Å². The average Bonchev–Trinajstić information content (AvgIpc) is 2.45. The first-order chi connectivity index (χ1) is 10.3. The monoisotopic (exact) mass is 302 g/mol. The summed E-state index contributed by atoms with van der Waals surface area (Å²) in [5, 5.41) is 10.0. The first-order valence-electron chi connectivity index (χ1n) is 7.02. The lowest BCUT2D eigenvalue weighted by molar-refractivity contribution is 0.0280.